The normalized spacial score (nSPS) is 23.8. The highest BCUT2D eigenvalue weighted by atomic mass is 28.4. The Kier molecular flexibility index (Phi) is 4.86. The molecule has 1 amide bonds. The van der Waals surface area contributed by atoms with Crippen molar-refractivity contribution in [3.63, 3.8) is 0 Å². The first-order valence-electron chi connectivity index (χ1n) is 6.75. The van der Waals surface area contributed by atoms with Crippen LogP contribution in [0.25, 0.3) is 0 Å². The van der Waals surface area contributed by atoms with E-state index in [2.05, 4.69) is 38.6 Å². The monoisotopic (exact) mass is 303 g/mol. The topological polar surface area (TPSA) is 76.1 Å². The second kappa shape index (κ2) is 5.73. The van der Waals surface area contributed by atoms with Gasteiger partial charge in [0.25, 0.3) is 0 Å². The zero-order chi connectivity index (χ0) is 15.7. The van der Waals surface area contributed by atoms with E-state index in [1.54, 1.807) is 0 Å². The van der Waals surface area contributed by atoms with Gasteiger partial charge in [-0.25, -0.2) is 9.59 Å². The molecular formula is C13H25NO5Si. The minimum absolute atomic E-state index is 0.0460. The van der Waals surface area contributed by atoms with E-state index in [4.69, 9.17) is 4.43 Å². The molecule has 0 saturated carbocycles. The van der Waals surface area contributed by atoms with Gasteiger partial charge in [0.15, 0.2) is 8.32 Å². The third-order valence-corrected chi connectivity index (χ3v) is 8.78. The van der Waals surface area contributed by atoms with Crippen LogP contribution in [0.2, 0.25) is 18.1 Å². The maximum atomic E-state index is 11.7. The van der Waals surface area contributed by atoms with Crippen LogP contribution >= 0.6 is 0 Å². The number of esters is 1. The van der Waals surface area contributed by atoms with Gasteiger partial charge in [-0.1, -0.05) is 20.8 Å². The molecule has 1 N–H and O–H groups in total. The Morgan fingerprint density at radius 2 is 1.85 bits per heavy atom. The fourth-order valence-electron chi connectivity index (χ4n) is 2.05. The molecule has 0 spiro atoms. The molecule has 6 nitrogen and oxygen atoms in total. The van der Waals surface area contributed by atoms with Gasteiger partial charge in [0.05, 0.1) is 13.2 Å². The van der Waals surface area contributed by atoms with Crippen LogP contribution in [0.4, 0.5) is 4.79 Å². The number of nitrogens with zero attached hydrogens (tertiary/aromatic N) is 1. The Morgan fingerprint density at radius 3 is 2.25 bits per heavy atom. The third-order valence-electron chi connectivity index (χ3n) is 4.25. The maximum Gasteiger partial charge on any atom is 0.408 e. The first-order valence-corrected chi connectivity index (χ1v) is 9.65. The van der Waals surface area contributed by atoms with Crippen molar-refractivity contribution in [2.24, 2.45) is 0 Å². The fraction of sp³-hybridized carbons (Fsp3) is 0.846. The molecule has 7 heteroatoms. The van der Waals surface area contributed by atoms with Crippen molar-refractivity contribution in [3.05, 3.63) is 0 Å². The SMILES string of the molecule is COC(=O)C1CC(O[Si](C)(C)C(C)(C)C)CN1C(=O)O. The average Bonchev–Trinajstić information content (AvgIpc) is 2.69. The Hall–Kier alpha value is -1.08. The molecule has 2 unspecified atom stereocenters. The molecule has 0 aromatic carbocycles. The van der Waals surface area contributed by atoms with Crippen LogP contribution in [0.1, 0.15) is 27.2 Å². The van der Waals surface area contributed by atoms with Crippen LogP contribution in [-0.4, -0.2) is 56.2 Å². The zero-order valence-corrected chi connectivity index (χ0v) is 14.1. The molecule has 0 bridgehead atoms. The minimum Gasteiger partial charge on any atom is -0.467 e. The van der Waals surface area contributed by atoms with Crippen molar-refractivity contribution >= 4 is 20.4 Å². The van der Waals surface area contributed by atoms with Crippen molar-refractivity contribution in [1.29, 1.82) is 0 Å². The van der Waals surface area contributed by atoms with Crippen molar-refractivity contribution in [2.75, 3.05) is 13.7 Å². The highest BCUT2D eigenvalue weighted by Crippen LogP contribution is 2.38. The number of hydrogen-bond acceptors (Lipinski definition) is 4. The molecule has 1 rings (SSSR count). The van der Waals surface area contributed by atoms with E-state index in [0.717, 1.165) is 4.90 Å². The van der Waals surface area contributed by atoms with E-state index < -0.39 is 26.4 Å². The summed E-state index contributed by atoms with van der Waals surface area (Å²) in [6.07, 6.45) is -0.983. The lowest BCUT2D eigenvalue weighted by Gasteiger charge is -2.38. The van der Waals surface area contributed by atoms with Crippen LogP contribution in [-0.2, 0) is 14.0 Å². The summed E-state index contributed by atoms with van der Waals surface area (Å²) in [7, 11) is -0.712. The number of carboxylic acid groups (broad SMARTS) is 1. The molecular weight excluding hydrogens is 278 g/mol. The molecule has 0 aromatic heterocycles. The van der Waals surface area contributed by atoms with Crippen LogP contribution in [0, 0.1) is 0 Å². The molecule has 20 heavy (non-hydrogen) atoms. The minimum atomic E-state index is -1.98. The molecule has 1 aliphatic heterocycles. The molecule has 0 radical (unpaired) electrons. The van der Waals surface area contributed by atoms with E-state index >= 15 is 0 Å². The van der Waals surface area contributed by atoms with Gasteiger partial charge in [-0.15, -0.1) is 0 Å². The summed E-state index contributed by atoms with van der Waals surface area (Å²) in [6, 6.07) is -0.757. The number of carbonyl (C=O) groups is 2. The molecule has 2 atom stereocenters. The highest BCUT2D eigenvalue weighted by Gasteiger charge is 2.45. The zero-order valence-electron chi connectivity index (χ0n) is 13.1. The summed E-state index contributed by atoms with van der Waals surface area (Å²) in [5, 5.41) is 9.22. The van der Waals surface area contributed by atoms with Gasteiger partial charge in [-0.2, -0.15) is 0 Å². The molecule has 0 aliphatic carbocycles. The molecule has 1 fully saturated rings. The highest BCUT2D eigenvalue weighted by molar-refractivity contribution is 6.74. The summed E-state index contributed by atoms with van der Waals surface area (Å²) in [5.41, 5.74) is 0. The van der Waals surface area contributed by atoms with Crippen molar-refractivity contribution < 1.29 is 23.9 Å². The smallest absolute Gasteiger partial charge is 0.408 e. The molecule has 1 saturated heterocycles. The Labute approximate surface area is 121 Å². The number of rotatable bonds is 3. The van der Waals surface area contributed by atoms with Crippen LogP contribution in [0.5, 0.6) is 0 Å². The second-order valence-electron chi connectivity index (χ2n) is 6.71. The lowest BCUT2D eigenvalue weighted by molar-refractivity contribution is -0.145. The van der Waals surface area contributed by atoms with Crippen molar-refractivity contribution in [1.82, 2.24) is 4.90 Å². The molecule has 116 valence electrons. The predicted octanol–water partition coefficient (Wildman–Crippen LogP) is 2.30. The number of carbonyl (C=O) groups excluding carboxylic acids is 1. The van der Waals surface area contributed by atoms with E-state index in [9.17, 15) is 14.7 Å². The van der Waals surface area contributed by atoms with Gasteiger partial charge < -0.3 is 14.3 Å². The van der Waals surface area contributed by atoms with Crippen molar-refractivity contribution in [2.45, 2.75) is 57.5 Å². The first-order chi connectivity index (χ1) is 8.99. The molecule has 1 heterocycles. The Balaban J connectivity index is 2.81. The third kappa shape index (κ3) is 3.52. The lowest BCUT2D eigenvalue weighted by atomic mass is 10.2. The summed E-state index contributed by atoms with van der Waals surface area (Å²) in [6.45, 7) is 10.8. The van der Waals surface area contributed by atoms with E-state index in [1.807, 2.05) is 0 Å². The number of likely N-dealkylation sites (tertiary alicyclic amines) is 1. The lowest BCUT2D eigenvalue weighted by Crippen LogP contribution is -2.44. The summed E-state index contributed by atoms with van der Waals surface area (Å²) in [5.74, 6) is -0.520. The maximum absolute atomic E-state index is 11.7. The first kappa shape index (κ1) is 17.0. The summed E-state index contributed by atoms with van der Waals surface area (Å²) < 4.78 is 10.9. The van der Waals surface area contributed by atoms with Crippen molar-refractivity contribution in [3.8, 4) is 0 Å². The molecule has 1 aliphatic rings. The Morgan fingerprint density at radius 1 is 1.30 bits per heavy atom. The van der Waals surface area contributed by atoms with E-state index in [-0.39, 0.29) is 17.7 Å². The Bertz CT molecular complexity index is 391. The average molecular weight is 303 g/mol. The number of hydrogen-bond donors (Lipinski definition) is 1. The van der Waals surface area contributed by atoms with Gasteiger partial charge in [-0.3, -0.25) is 4.90 Å². The standard InChI is InChI=1S/C13H25NO5Si/c1-13(2,3)20(5,6)19-9-7-10(11(15)18-4)14(8-9)12(16)17/h9-10H,7-8H2,1-6H3,(H,16,17). The predicted molar refractivity (Wildman–Crippen MR) is 77.2 cm³/mol. The van der Waals surface area contributed by atoms with Gasteiger partial charge in [0.2, 0.25) is 0 Å². The quantitative estimate of drug-likeness (QED) is 0.639. The van der Waals surface area contributed by atoms with Gasteiger partial charge in [-0.05, 0) is 18.1 Å². The largest absolute Gasteiger partial charge is 0.467 e. The number of ether oxygens (including phenoxy) is 1. The van der Waals surface area contributed by atoms with Crippen LogP contribution < -0.4 is 0 Å². The second-order valence-corrected chi connectivity index (χ2v) is 11.5. The fourth-order valence-corrected chi connectivity index (χ4v) is 3.40. The summed E-state index contributed by atoms with van der Waals surface area (Å²) in [4.78, 5) is 24.0. The summed E-state index contributed by atoms with van der Waals surface area (Å²) >= 11 is 0. The van der Waals surface area contributed by atoms with Crippen LogP contribution in [0.3, 0.4) is 0 Å². The van der Waals surface area contributed by atoms with E-state index in [0.29, 0.717) is 6.42 Å². The number of methoxy groups -OCH3 is 1. The van der Waals surface area contributed by atoms with Gasteiger partial charge in [0.1, 0.15) is 6.04 Å². The number of amides is 1. The van der Waals surface area contributed by atoms with E-state index in [1.165, 1.54) is 7.11 Å². The van der Waals surface area contributed by atoms with Crippen LogP contribution in [0.15, 0.2) is 0 Å². The van der Waals surface area contributed by atoms with Gasteiger partial charge >= 0.3 is 12.1 Å². The van der Waals surface area contributed by atoms with Gasteiger partial charge in [0, 0.05) is 13.0 Å². The molecule has 0 aromatic rings.